The van der Waals surface area contributed by atoms with E-state index in [4.69, 9.17) is 4.74 Å². The number of aliphatic hydroxyl groups is 1. The molecule has 0 aromatic rings. The first kappa shape index (κ1) is 12.9. The molecule has 0 unspecified atom stereocenters. The maximum absolute atomic E-state index is 12.0. The molecule has 0 spiro atoms. The summed E-state index contributed by atoms with van der Waals surface area (Å²) in [5.41, 5.74) is -1.38. The quantitative estimate of drug-likeness (QED) is 0.771. The first-order chi connectivity index (χ1) is 8.08. The van der Waals surface area contributed by atoms with Crippen molar-refractivity contribution < 1.29 is 14.6 Å². The summed E-state index contributed by atoms with van der Waals surface area (Å²) < 4.78 is 4.93. The third-order valence-corrected chi connectivity index (χ3v) is 5.18. The number of methoxy groups -OCH3 is 1. The van der Waals surface area contributed by atoms with Crippen molar-refractivity contribution in [2.24, 2.45) is 11.3 Å². The third-order valence-electron chi connectivity index (χ3n) is 5.18. The van der Waals surface area contributed by atoms with Crippen molar-refractivity contribution >= 4 is 5.97 Å². The topological polar surface area (TPSA) is 46.5 Å². The molecule has 2 aliphatic carbocycles. The number of carbonyl (C=O) groups excluding carboxylic acids is 1. The zero-order valence-electron chi connectivity index (χ0n) is 11.0. The summed E-state index contributed by atoms with van der Waals surface area (Å²) >= 11 is 0. The first-order valence-corrected chi connectivity index (χ1v) is 6.89. The Balaban J connectivity index is 2.12. The minimum atomic E-state index is -0.802. The van der Waals surface area contributed by atoms with Crippen molar-refractivity contribution in [3.63, 3.8) is 0 Å². The molecule has 0 aliphatic heterocycles. The Morgan fingerprint density at radius 2 is 1.88 bits per heavy atom. The summed E-state index contributed by atoms with van der Waals surface area (Å²) in [6, 6.07) is 0. The van der Waals surface area contributed by atoms with E-state index in [1.807, 2.05) is 0 Å². The Kier molecular flexibility index (Phi) is 3.48. The first-order valence-electron chi connectivity index (χ1n) is 6.89. The van der Waals surface area contributed by atoms with Crippen LogP contribution in [0, 0.1) is 11.3 Å². The number of esters is 1. The molecule has 17 heavy (non-hydrogen) atoms. The van der Waals surface area contributed by atoms with Crippen molar-refractivity contribution in [2.75, 3.05) is 7.11 Å². The van der Waals surface area contributed by atoms with Crippen molar-refractivity contribution in [2.45, 2.75) is 63.9 Å². The molecule has 2 aliphatic rings. The predicted octanol–water partition coefficient (Wildman–Crippen LogP) is 2.66. The van der Waals surface area contributed by atoms with Crippen molar-refractivity contribution in [1.29, 1.82) is 0 Å². The lowest BCUT2D eigenvalue weighted by atomic mass is 9.54. The van der Waals surface area contributed by atoms with Gasteiger partial charge in [-0.05, 0) is 44.4 Å². The van der Waals surface area contributed by atoms with Crippen molar-refractivity contribution in [3.05, 3.63) is 0 Å². The van der Waals surface area contributed by atoms with Gasteiger partial charge in [-0.3, -0.25) is 4.79 Å². The standard InChI is InChI=1S/C14H24O3/c1-3-11-5-9-14(16,10-6-11)13(7-4-8-13)12(15)17-2/h11,16H,3-10H2,1-2H3. The molecule has 2 rings (SSSR count). The summed E-state index contributed by atoms with van der Waals surface area (Å²) in [4.78, 5) is 12.0. The molecule has 0 saturated heterocycles. The van der Waals surface area contributed by atoms with E-state index in [0.717, 1.165) is 50.9 Å². The van der Waals surface area contributed by atoms with Gasteiger partial charge in [0.1, 0.15) is 0 Å². The smallest absolute Gasteiger partial charge is 0.314 e. The molecule has 0 aromatic carbocycles. The van der Waals surface area contributed by atoms with Crippen LogP contribution < -0.4 is 0 Å². The molecule has 0 amide bonds. The Morgan fingerprint density at radius 1 is 1.29 bits per heavy atom. The molecule has 0 bridgehead atoms. The second-order valence-electron chi connectivity index (χ2n) is 5.81. The highest BCUT2D eigenvalue weighted by Gasteiger charge is 2.60. The molecule has 0 radical (unpaired) electrons. The van der Waals surface area contributed by atoms with Crippen LogP contribution in [0.1, 0.15) is 58.3 Å². The molecule has 3 heteroatoms. The minimum absolute atomic E-state index is 0.193. The van der Waals surface area contributed by atoms with E-state index >= 15 is 0 Å². The van der Waals surface area contributed by atoms with Crippen LogP contribution in [0.4, 0.5) is 0 Å². The lowest BCUT2D eigenvalue weighted by molar-refractivity contribution is -0.196. The van der Waals surface area contributed by atoms with E-state index in [9.17, 15) is 9.90 Å². The summed E-state index contributed by atoms with van der Waals surface area (Å²) in [6.07, 6.45) is 7.44. The monoisotopic (exact) mass is 240 g/mol. The molecule has 0 aromatic heterocycles. The minimum Gasteiger partial charge on any atom is -0.469 e. The van der Waals surface area contributed by atoms with E-state index in [0.29, 0.717) is 0 Å². The number of carbonyl (C=O) groups is 1. The molecule has 2 saturated carbocycles. The lowest BCUT2D eigenvalue weighted by Gasteiger charge is -2.53. The van der Waals surface area contributed by atoms with Gasteiger partial charge in [0.05, 0.1) is 18.1 Å². The van der Waals surface area contributed by atoms with E-state index in [2.05, 4.69) is 6.92 Å². The zero-order chi connectivity index (χ0) is 12.5. The fraction of sp³-hybridized carbons (Fsp3) is 0.929. The molecule has 3 nitrogen and oxygen atoms in total. The highest BCUT2D eigenvalue weighted by Crippen LogP contribution is 2.56. The van der Waals surface area contributed by atoms with Crippen LogP contribution in [-0.2, 0) is 9.53 Å². The van der Waals surface area contributed by atoms with Crippen LogP contribution in [0.3, 0.4) is 0 Å². The van der Waals surface area contributed by atoms with Crippen molar-refractivity contribution in [1.82, 2.24) is 0 Å². The van der Waals surface area contributed by atoms with Gasteiger partial charge in [0.15, 0.2) is 0 Å². The second-order valence-corrected chi connectivity index (χ2v) is 5.81. The Bertz CT molecular complexity index is 286. The van der Waals surface area contributed by atoms with Gasteiger partial charge in [-0.25, -0.2) is 0 Å². The fourth-order valence-electron chi connectivity index (χ4n) is 3.63. The van der Waals surface area contributed by atoms with Gasteiger partial charge < -0.3 is 9.84 Å². The van der Waals surface area contributed by atoms with E-state index in [-0.39, 0.29) is 5.97 Å². The van der Waals surface area contributed by atoms with Gasteiger partial charge in [0, 0.05) is 0 Å². The predicted molar refractivity (Wildman–Crippen MR) is 65.5 cm³/mol. The molecule has 0 heterocycles. The van der Waals surface area contributed by atoms with Gasteiger partial charge in [0.25, 0.3) is 0 Å². The highest BCUT2D eigenvalue weighted by molar-refractivity contribution is 5.79. The average Bonchev–Trinajstić information content (AvgIpc) is 2.28. The second kappa shape index (κ2) is 4.60. The fourth-order valence-corrected chi connectivity index (χ4v) is 3.63. The van der Waals surface area contributed by atoms with Gasteiger partial charge in [-0.15, -0.1) is 0 Å². The molecular weight excluding hydrogens is 216 g/mol. The highest BCUT2D eigenvalue weighted by atomic mass is 16.5. The Labute approximate surface area is 104 Å². The molecular formula is C14H24O3. The Morgan fingerprint density at radius 3 is 2.24 bits per heavy atom. The van der Waals surface area contributed by atoms with Crippen LogP contribution in [0.25, 0.3) is 0 Å². The zero-order valence-corrected chi connectivity index (χ0v) is 11.0. The normalized spacial score (nSPS) is 36.1. The SMILES string of the molecule is CCC1CCC(O)(C2(C(=O)OC)CCC2)CC1. The van der Waals surface area contributed by atoms with E-state index in [1.54, 1.807) is 0 Å². The van der Waals surface area contributed by atoms with Crippen molar-refractivity contribution in [3.8, 4) is 0 Å². The lowest BCUT2D eigenvalue weighted by Crippen LogP contribution is -2.59. The average molecular weight is 240 g/mol. The maximum Gasteiger partial charge on any atom is 0.314 e. The van der Waals surface area contributed by atoms with Gasteiger partial charge >= 0.3 is 5.97 Å². The third kappa shape index (κ3) is 1.88. The van der Waals surface area contributed by atoms with Crippen LogP contribution in [0.2, 0.25) is 0 Å². The van der Waals surface area contributed by atoms with Crippen LogP contribution in [-0.4, -0.2) is 23.8 Å². The molecule has 98 valence electrons. The number of hydrogen-bond acceptors (Lipinski definition) is 3. The largest absolute Gasteiger partial charge is 0.469 e. The molecule has 1 N–H and O–H groups in total. The van der Waals surface area contributed by atoms with Crippen LogP contribution in [0.15, 0.2) is 0 Å². The van der Waals surface area contributed by atoms with Crippen LogP contribution >= 0.6 is 0 Å². The Hall–Kier alpha value is -0.570. The van der Waals surface area contributed by atoms with Gasteiger partial charge in [0.2, 0.25) is 0 Å². The van der Waals surface area contributed by atoms with E-state index < -0.39 is 11.0 Å². The van der Waals surface area contributed by atoms with Gasteiger partial charge in [-0.1, -0.05) is 19.8 Å². The summed E-state index contributed by atoms with van der Waals surface area (Å²) in [5, 5.41) is 10.9. The number of ether oxygens (including phenoxy) is 1. The van der Waals surface area contributed by atoms with E-state index in [1.165, 1.54) is 13.5 Å². The number of rotatable bonds is 3. The maximum atomic E-state index is 12.0. The number of hydrogen-bond donors (Lipinski definition) is 1. The van der Waals surface area contributed by atoms with Crippen LogP contribution in [0.5, 0.6) is 0 Å². The summed E-state index contributed by atoms with van der Waals surface area (Å²) in [7, 11) is 1.43. The molecule has 0 atom stereocenters. The summed E-state index contributed by atoms with van der Waals surface area (Å²) in [6.45, 7) is 2.20. The van der Waals surface area contributed by atoms with Gasteiger partial charge in [-0.2, -0.15) is 0 Å². The molecule has 2 fully saturated rings. The summed E-state index contributed by atoms with van der Waals surface area (Å²) in [5.74, 6) is 0.534.